The van der Waals surface area contributed by atoms with Gasteiger partial charge in [-0.3, -0.25) is 0 Å². The van der Waals surface area contributed by atoms with Crippen molar-refractivity contribution in [1.29, 1.82) is 5.26 Å². The summed E-state index contributed by atoms with van der Waals surface area (Å²) in [5.74, 6) is 0.870. The molecule has 0 radical (unpaired) electrons. The van der Waals surface area contributed by atoms with Crippen LogP contribution in [0, 0.1) is 11.3 Å². The molecule has 1 unspecified atom stereocenters. The number of aliphatic hydroxyl groups excluding tert-OH is 1. The van der Waals surface area contributed by atoms with Crippen molar-refractivity contribution < 1.29 is 5.11 Å². The molecule has 0 bridgehead atoms. The minimum absolute atomic E-state index is 0.383. The van der Waals surface area contributed by atoms with E-state index in [1.807, 2.05) is 19.1 Å². The number of nitrogens with two attached hydrogens (primary N) is 1. The van der Waals surface area contributed by atoms with Crippen LogP contribution in [0.15, 0.2) is 30.3 Å². The van der Waals surface area contributed by atoms with E-state index in [4.69, 9.17) is 11.0 Å². The molecule has 0 fully saturated rings. The summed E-state index contributed by atoms with van der Waals surface area (Å²) >= 11 is 1.42. The fourth-order valence-electron chi connectivity index (χ4n) is 2.18. The van der Waals surface area contributed by atoms with Crippen molar-refractivity contribution in [1.82, 2.24) is 9.97 Å². The van der Waals surface area contributed by atoms with E-state index < -0.39 is 6.10 Å². The Morgan fingerprint density at radius 3 is 2.91 bits per heavy atom. The molecule has 110 valence electrons. The van der Waals surface area contributed by atoms with Gasteiger partial charge in [-0.2, -0.15) is 5.26 Å². The highest BCUT2D eigenvalue weighted by Crippen LogP contribution is 2.33. The maximum atomic E-state index is 9.96. The highest BCUT2D eigenvalue weighted by atomic mass is 32.1. The quantitative estimate of drug-likeness (QED) is 0.774. The van der Waals surface area contributed by atoms with Crippen molar-refractivity contribution in [3.8, 4) is 17.5 Å². The summed E-state index contributed by atoms with van der Waals surface area (Å²) < 4.78 is 0. The van der Waals surface area contributed by atoms with Crippen molar-refractivity contribution >= 4 is 27.4 Å². The Bertz CT molecular complexity index is 881. The Balaban J connectivity index is 2.14. The third-order valence-electron chi connectivity index (χ3n) is 3.41. The summed E-state index contributed by atoms with van der Waals surface area (Å²) in [5.41, 5.74) is 7.33. The molecule has 2 heterocycles. The summed E-state index contributed by atoms with van der Waals surface area (Å²) in [4.78, 5) is 10.4. The Morgan fingerprint density at radius 1 is 1.36 bits per heavy atom. The third-order valence-corrected chi connectivity index (χ3v) is 4.54. The van der Waals surface area contributed by atoms with E-state index in [2.05, 4.69) is 16.0 Å². The number of nitrogens with zero attached hydrogens (tertiary/aromatic N) is 3. The molecule has 2 aromatic heterocycles. The zero-order chi connectivity index (χ0) is 15.7. The summed E-state index contributed by atoms with van der Waals surface area (Å²) in [6.07, 6.45) is 0.126. The van der Waals surface area contributed by atoms with E-state index in [1.54, 1.807) is 18.2 Å². The van der Waals surface area contributed by atoms with E-state index in [0.717, 1.165) is 20.7 Å². The number of benzene rings is 1. The summed E-state index contributed by atoms with van der Waals surface area (Å²) in [7, 11) is 0. The maximum absolute atomic E-state index is 9.96. The molecule has 3 N–H and O–H groups in total. The molecule has 0 amide bonds. The van der Waals surface area contributed by atoms with Gasteiger partial charge in [-0.15, -0.1) is 11.3 Å². The molecule has 0 saturated carbocycles. The molecule has 5 nitrogen and oxygen atoms in total. The fraction of sp³-hybridized carbons (Fsp3) is 0.188. The first kappa shape index (κ1) is 14.4. The van der Waals surface area contributed by atoms with Crippen molar-refractivity contribution in [3.05, 3.63) is 40.8 Å². The molecule has 3 aromatic rings. The molecule has 0 aliphatic carbocycles. The lowest BCUT2D eigenvalue weighted by molar-refractivity contribution is 0.177. The number of nitrogen functional groups attached to an aromatic ring is 1. The van der Waals surface area contributed by atoms with Gasteiger partial charge in [0.05, 0.1) is 23.1 Å². The molecule has 3 rings (SSSR count). The summed E-state index contributed by atoms with van der Waals surface area (Å²) in [5, 5.41) is 19.7. The third kappa shape index (κ3) is 2.52. The maximum Gasteiger partial charge on any atom is 0.163 e. The van der Waals surface area contributed by atoms with Crippen LogP contribution in [-0.2, 0) is 0 Å². The predicted molar refractivity (Wildman–Crippen MR) is 87.2 cm³/mol. The zero-order valence-corrected chi connectivity index (χ0v) is 12.8. The highest BCUT2D eigenvalue weighted by Gasteiger charge is 2.14. The van der Waals surface area contributed by atoms with Gasteiger partial charge >= 0.3 is 0 Å². The Hall–Kier alpha value is -2.49. The standard InChI is InChI=1S/C16H14N4OS/c1-2-12(21)13-7-11-14(18)19-15(20-16(11)22-13)10-5-3-4-9(6-10)8-17/h3-7,12,21H,2H2,1H3,(H2,18,19,20). The van der Waals surface area contributed by atoms with Gasteiger partial charge in [-0.25, -0.2) is 9.97 Å². The van der Waals surface area contributed by atoms with Gasteiger partial charge in [0.25, 0.3) is 0 Å². The predicted octanol–water partition coefficient (Wildman–Crippen LogP) is 3.26. The first-order valence-corrected chi connectivity index (χ1v) is 7.69. The van der Waals surface area contributed by atoms with Crippen LogP contribution in [0.5, 0.6) is 0 Å². The summed E-state index contributed by atoms with van der Waals surface area (Å²) in [6, 6.07) is 11.0. The normalized spacial score (nSPS) is 12.2. The molecular formula is C16H14N4OS. The van der Waals surface area contributed by atoms with Gasteiger partial charge in [-0.05, 0) is 24.6 Å². The van der Waals surface area contributed by atoms with Crippen molar-refractivity contribution in [2.75, 3.05) is 5.73 Å². The summed E-state index contributed by atoms with van der Waals surface area (Å²) in [6.45, 7) is 1.92. The topological polar surface area (TPSA) is 95.8 Å². The second-order valence-electron chi connectivity index (χ2n) is 4.92. The first-order valence-electron chi connectivity index (χ1n) is 6.88. The molecule has 0 aliphatic heterocycles. The van der Waals surface area contributed by atoms with Crippen LogP contribution in [0.2, 0.25) is 0 Å². The van der Waals surface area contributed by atoms with Crippen LogP contribution < -0.4 is 5.73 Å². The van der Waals surface area contributed by atoms with Gasteiger partial charge in [0.15, 0.2) is 5.82 Å². The minimum Gasteiger partial charge on any atom is -0.388 e. The number of rotatable bonds is 3. The molecule has 1 aromatic carbocycles. The lowest BCUT2D eigenvalue weighted by Crippen LogP contribution is -1.96. The van der Waals surface area contributed by atoms with Crippen LogP contribution in [0.1, 0.15) is 29.9 Å². The number of fused-ring (bicyclic) bond motifs is 1. The van der Waals surface area contributed by atoms with E-state index in [1.165, 1.54) is 11.3 Å². The van der Waals surface area contributed by atoms with Gasteiger partial charge in [0.2, 0.25) is 0 Å². The lowest BCUT2D eigenvalue weighted by atomic mass is 10.1. The SMILES string of the molecule is CCC(O)c1cc2c(N)nc(-c3cccc(C#N)c3)nc2s1. The van der Waals surface area contributed by atoms with Crippen LogP contribution >= 0.6 is 11.3 Å². The van der Waals surface area contributed by atoms with Crippen LogP contribution in [0.4, 0.5) is 5.82 Å². The monoisotopic (exact) mass is 310 g/mol. The number of hydrogen-bond acceptors (Lipinski definition) is 6. The van der Waals surface area contributed by atoms with Crippen LogP contribution in [-0.4, -0.2) is 15.1 Å². The second-order valence-corrected chi connectivity index (χ2v) is 5.98. The molecule has 1 atom stereocenters. The zero-order valence-electron chi connectivity index (χ0n) is 11.9. The van der Waals surface area contributed by atoms with Gasteiger partial charge < -0.3 is 10.8 Å². The van der Waals surface area contributed by atoms with E-state index >= 15 is 0 Å². The number of aliphatic hydroxyl groups is 1. The van der Waals surface area contributed by atoms with Crippen LogP contribution in [0.25, 0.3) is 21.6 Å². The van der Waals surface area contributed by atoms with E-state index in [0.29, 0.717) is 23.6 Å². The number of hydrogen-bond donors (Lipinski definition) is 2. The average Bonchev–Trinajstić information content (AvgIpc) is 2.99. The smallest absolute Gasteiger partial charge is 0.163 e. The molecule has 0 saturated heterocycles. The molecule has 22 heavy (non-hydrogen) atoms. The lowest BCUT2D eigenvalue weighted by Gasteiger charge is -2.02. The molecular weight excluding hydrogens is 296 g/mol. The molecule has 0 aliphatic rings. The first-order chi connectivity index (χ1) is 10.6. The Morgan fingerprint density at radius 2 is 2.18 bits per heavy atom. The number of aromatic nitrogens is 2. The molecule has 6 heteroatoms. The van der Waals surface area contributed by atoms with E-state index in [-0.39, 0.29) is 0 Å². The fourth-order valence-corrected chi connectivity index (χ4v) is 3.29. The van der Waals surface area contributed by atoms with Gasteiger partial charge in [0, 0.05) is 10.4 Å². The highest BCUT2D eigenvalue weighted by molar-refractivity contribution is 7.18. The molecule has 0 spiro atoms. The number of anilines is 1. The van der Waals surface area contributed by atoms with Gasteiger partial charge in [0.1, 0.15) is 10.6 Å². The average molecular weight is 310 g/mol. The van der Waals surface area contributed by atoms with Crippen molar-refractivity contribution in [2.24, 2.45) is 0 Å². The van der Waals surface area contributed by atoms with Crippen molar-refractivity contribution in [2.45, 2.75) is 19.4 Å². The number of nitriles is 1. The Kier molecular flexibility index (Phi) is 3.75. The Labute approximate surface area is 131 Å². The largest absolute Gasteiger partial charge is 0.388 e. The number of thiophene rings is 1. The van der Waals surface area contributed by atoms with Crippen molar-refractivity contribution in [3.63, 3.8) is 0 Å². The minimum atomic E-state index is -0.510. The van der Waals surface area contributed by atoms with Crippen LogP contribution in [0.3, 0.4) is 0 Å². The van der Waals surface area contributed by atoms with E-state index in [9.17, 15) is 5.11 Å². The second kappa shape index (κ2) is 5.72. The van der Waals surface area contributed by atoms with Gasteiger partial charge in [-0.1, -0.05) is 19.1 Å².